The summed E-state index contributed by atoms with van der Waals surface area (Å²) in [6.07, 6.45) is -1.08. The highest BCUT2D eigenvalue weighted by atomic mass is 16.7. The molecule has 2 aromatic rings. The molecule has 1 atom stereocenters. The van der Waals surface area contributed by atoms with E-state index in [9.17, 15) is 9.90 Å². The summed E-state index contributed by atoms with van der Waals surface area (Å²) < 4.78 is 0. The van der Waals surface area contributed by atoms with E-state index in [0.717, 1.165) is 0 Å². The molecule has 0 radical (unpaired) electrons. The van der Waals surface area contributed by atoms with Crippen molar-refractivity contribution in [2.75, 3.05) is 0 Å². The number of carbonyl (C=O) groups is 1. The number of aliphatic hydroxyl groups is 1. The first-order valence-corrected chi connectivity index (χ1v) is 5.28. The summed E-state index contributed by atoms with van der Waals surface area (Å²) in [5, 5.41) is 9.89. The first kappa shape index (κ1) is 13.7. The molecule has 0 aliphatic rings. The Kier molecular flexibility index (Phi) is 5.41. The number of aliphatic hydroxyl groups excluding tert-OH is 1. The third-order valence-electron chi connectivity index (χ3n) is 2.42. The molecule has 2 aromatic carbocycles. The molecular weight excluding hydrogens is 232 g/mol. The number of benzene rings is 2. The summed E-state index contributed by atoms with van der Waals surface area (Å²) in [5.41, 5.74) is 1.15. The van der Waals surface area contributed by atoms with Crippen LogP contribution >= 0.6 is 0 Å². The predicted molar refractivity (Wildman–Crippen MR) is 68.9 cm³/mol. The van der Waals surface area contributed by atoms with Crippen LogP contribution in [-0.4, -0.2) is 10.9 Å². The number of Topliss-reactive ketones (excluding diaryl/α,β-unsaturated/α-hetero) is 1. The Morgan fingerprint density at radius 1 is 0.833 bits per heavy atom. The monoisotopic (exact) mass is 244 g/mol. The topological polar surface area (TPSA) is 71.4 Å². The van der Waals surface area contributed by atoms with Gasteiger partial charge in [0.1, 0.15) is 6.10 Å². The van der Waals surface area contributed by atoms with Gasteiger partial charge < -0.3 is 5.11 Å². The molecule has 0 amide bonds. The van der Waals surface area contributed by atoms with Gasteiger partial charge >= 0.3 is 0 Å². The molecule has 2 rings (SSSR count). The van der Waals surface area contributed by atoms with Crippen molar-refractivity contribution < 1.29 is 9.90 Å². The maximum Gasteiger partial charge on any atom is 0.195 e. The van der Waals surface area contributed by atoms with Crippen LogP contribution in [0.4, 0.5) is 0 Å². The Bertz CT molecular complexity index is 482. The van der Waals surface area contributed by atoms with Crippen LogP contribution in [0, 0.1) is 9.93 Å². The maximum atomic E-state index is 11.9. The molecule has 4 heteroatoms. The van der Waals surface area contributed by atoms with Crippen molar-refractivity contribution in [3.05, 3.63) is 81.7 Å². The van der Waals surface area contributed by atoms with E-state index in [0.29, 0.717) is 11.1 Å². The van der Waals surface area contributed by atoms with E-state index < -0.39 is 6.10 Å². The van der Waals surface area contributed by atoms with Gasteiger partial charge in [-0.25, -0.2) is 0 Å². The van der Waals surface area contributed by atoms with Crippen molar-refractivity contribution in [2.45, 2.75) is 6.10 Å². The van der Waals surface area contributed by atoms with Crippen molar-refractivity contribution in [3.63, 3.8) is 0 Å². The second kappa shape index (κ2) is 7.09. The molecule has 1 N–H and O–H groups in total. The van der Waals surface area contributed by atoms with E-state index >= 15 is 0 Å². The van der Waals surface area contributed by atoms with Crippen molar-refractivity contribution >= 4 is 5.78 Å². The molecule has 0 heterocycles. The molecule has 18 heavy (non-hydrogen) atoms. The quantitative estimate of drug-likeness (QED) is 0.842. The first-order chi connectivity index (χ1) is 8.79. The molecule has 0 aromatic heterocycles. The first-order valence-electron chi connectivity index (χ1n) is 5.28. The van der Waals surface area contributed by atoms with E-state index in [1.54, 1.807) is 48.5 Å². The van der Waals surface area contributed by atoms with Gasteiger partial charge in [0, 0.05) is 15.5 Å². The van der Waals surface area contributed by atoms with Gasteiger partial charge in [-0.15, -0.1) is 0 Å². The minimum Gasteiger partial charge on any atom is -0.380 e. The molecule has 92 valence electrons. The van der Waals surface area contributed by atoms with Crippen LogP contribution in [-0.2, 0) is 0 Å². The largest absolute Gasteiger partial charge is 0.380 e. The van der Waals surface area contributed by atoms with Gasteiger partial charge in [0.05, 0.1) is 0 Å². The minimum absolute atomic E-state index is 0.271. The van der Waals surface area contributed by atoms with Gasteiger partial charge in [0.25, 0.3) is 0 Å². The smallest absolute Gasteiger partial charge is 0.195 e. The van der Waals surface area contributed by atoms with E-state index in [2.05, 4.69) is 0 Å². The normalized spacial score (nSPS) is 10.9. The third kappa shape index (κ3) is 3.33. The summed E-state index contributed by atoms with van der Waals surface area (Å²) in [7, 11) is 0. The van der Waals surface area contributed by atoms with Crippen molar-refractivity contribution in [1.82, 2.24) is 0 Å². The average molecular weight is 244 g/mol. The number of ketones is 1. The third-order valence-corrected chi connectivity index (χ3v) is 2.42. The van der Waals surface area contributed by atoms with E-state index in [1.807, 2.05) is 12.1 Å². The fourth-order valence-electron chi connectivity index (χ4n) is 1.55. The van der Waals surface area contributed by atoms with E-state index in [4.69, 9.17) is 9.93 Å². The van der Waals surface area contributed by atoms with Crippen LogP contribution in [0.5, 0.6) is 0 Å². The van der Waals surface area contributed by atoms with Gasteiger partial charge in [0.2, 0.25) is 0 Å². The van der Waals surface area contributed by atoms with Gasteiger partial charge in [0.15, 0.2) is 5.78 Å². The van der Waals surface area contributed by atoms with Crippen LogP contribution in [0.1, 0.15) is 22.0 Å². The van der Waals surface area contributed by atoms with Crippen molar-refractivity contribution in [1.29, 1.82) is 0 Å². The molecule has 0 saturated carbocycles. The van der Waals surface area contributed by atoms with Crippen molar-refractivity contribution in [2.24, 2.45) is 0 Å². The molecular formula is C14H12O4. The Hall–Kier alpha value is -2.33. The predicted octanol–water partition coefficient (Wildman–Crippen LogP) is 2.67. The lowest BCUT2D eigenvalue weighted by atomic mass is 10.0. The molecule has 0 aliphatic heterocycles. The Balaban J connectivity index is 0.000000771. The van der Waals surface area contributed by atoms with Crippen LogP contribution in [0.3, 0.4) is 0 Å². The van der Waals surface area contributed by atoms with Gasteiger partial charge in [-0.3, -0.25) is 4.79 Å². The zero-order chi connectivity index (χ0) is 13.4. The van der Waals surface area contributed by atoms with Gasteiger partial charge in [-0.2, -0.15) is 0 Å². The molecule has 0 bridgehead atoms. The molecule has 0 fully saturated rings. The zero-order valence-corrected chi connectivity index (χ0v) is 9.52. The second-order valence-corrected chi connectivity index (χ2v) is 3.54. The van der Waals surface area contributed by atoms with E-state index in [-0.39, 0.29) is 5.78 Å². The van der Waals surface area contributed by atoms with Crippen LogP contribution in [0.15, 0.2) is 60.7 Å². The molecule has 4 nitrogen and oxygen atoms in total. The summed E-state index contributed by atoms with van der Waals surface area (Å²) in [6.45, 7) is 0. The van der Waals surface area contributed by atoms with Crippen LogP contribution in [0.25, 0.3) is 0 Å². The SMILES string of the molecule is O=C(c1ccccc1)C(O)c1ccccc1.O=O. The van der Waals surface area contributed by atoms with Gasteiger partial charge in [-0.1, -0.05) is 60.7 Å². The summed E-state index contributed by atoms with van der Waals surface area (Å²) in [6, 6.07) is 17.7. The van der Waals surface area contributed by atoms with Crippen LogP contribution < -0.4 is 0 Å². The van der Waals surface area contributed by atoms with E-state index in [1.165, 1.54) is 0 Å². The standard InChI is InChI=1S/C14H12O2.O2/c15-13(11-7-3-1-4-8-11)14(16)12-9-5-2-6-10-12;1-2/h1-10,13,15H;. The minimum atomic E-state index is -1.08. The maximum absolute atomic E-state index is 11.9. The fourth-order valence-corrected chi connectivity index (χ4v) is 1.55. The molecule has 1 unspecified atom stereocenters. The fraction of sp³-hybridized carbons (Fsp3) is 0.0714. The highest BCUT2D eigenvalue weighted by Crippen LogP contribution is 2.17. The van der Waals surface area contributed by atoms with Gasteiger partial charge in [-0.05, 0) is 5.56 Å². The Morgan fingerprint density at radius 3 is 1.78 bits per heavy atom. The number of hydrogen-bond donors (Lipinski definition) is 1. The zero-order valence-electron chi connectivity index (χ0n) is 9.52. The average Bonchev–Trinajstić information content (AvgIpc) is 2.49. The molecule has 0 aliphatic carbocycles. The summed E-state index contributed by atoms with van der Waals surface area (Å²) >= 11 is 0. The lowest BCUT2D eigenvalue weighted by Crippen LogP contribution is -2.11. The highest BCUT2D eigenvalue weighted by Gasteiger charge is 2.18. The number of carbonyl (C=O) groups excluding carboxylic acids is 1. The summed E-state index contributed by atoms with van der Waals surface area (Å²) in [5.74, 6) is -0.271. The molecule has 0 saturated heterocycles. The Morgan fingerprint density at radius 2 is 1.28 bits per heavy atom. The highest BCUT2D eigenvalue weighted by molar-refractivity contribution is 5.99. The number of rotatable bonds is 3. The lowest BCUT2D eigenvalue weighted by molar-refractivity contribution is 0.0747. The van der Waals surface area contributed by atoms with Crippen molar-refractivity contribution in [3.8, 4) is 0 Å². The summed E-state index contributed by atoms with van der Waals surface area (Å²) in [4.78, 5) is 25.9. The lowest BCUT2D eigenvalue weighted by Gasteiger charge is -2.09. The number of hydrogen-bond acceptors (Lipinski definition) is 4. The van der Waals surface area contributed by atoms with Crippen LogP contribution in [0.2, 0.25) is 0 Å². The Labute approximate surface area is 104 Å². The molecule has 0 spiro atoms. The second-order valence-electron chi connectivity index (χ2n) is 3.54.